The molecular formula is C21H19FN4OS2. The Kier molecular flexibility index (Phi) is 5.82. The molecule has 0 fully saturated rings. The Labute approximate surface area is 176 Å². The number of thiophene rings is 2. The van der Waals surface area contributed by atoms with Crippen LogP contribution in [0.1, 0.15) is 26.2 Å². The van der Waals surface area contributed by atoms with Gasteiger partial charge in [0.15, 0.2) is 0 Å². The van der Waals surface area contributed by atoms with Gasteiger partial charge in [-0.05, 0) is 60.5 Å². The maximum atomic E-state index is 13.2. The van der Waals surface area contributed by atoms with Crippen LogP contribution >= 0.6 is 22.7 Å². The second kappa shape index (κ2) is 8.67. The first-order valence-corrected chi connectivity index (χ1v) is 10.9. The van der Waals surface area contributed by atoms with E-state index in [0.29, 0.717) is 24.6 Å². The first kappa shape index (κ1) is 19.5. The van der Waals surface area contributed by atoms with Crippen molar-refractivity contribution in [2.45, 2.75) is 19.9 Å². The maximum absolute atomic E-state index is 13.2. The molecule has 0 radical (unpaired) electrons. The molecule has 0 atom stereocenters. The van der Waals surface area contributed by atoms with Gasteiger partial charge in [-0.25, -0.2) is 14.1 Å². The van der Waals surface area contributed by atoms with Crippen molar-refractivity contribution in [1.29, 1.82) is 0 Å². The number of carbonyl (C=O) groups excluding carboxylic acids is 1. The third kappa shape index (κ3) is 4.60. The minimum Gasteiger partial charge on any atom is -0.330 e. The van der Waals surface area contributed by atoms with Gasteiger partial charge in [-0.3, -0.25) is 4.79 Å². The van der Waals surface area contributed by atoms with Crippen molar-refractivity contribution in [1.82, 2.24) is 19.7 Å². The van der Waals surface area contributed by atoms with Gasteiger partial charge in [0.1, 0.15) is 11.6 Å². The summed E-state index contributed by atoms with van der Waals surface area (Å²) in [6, 6.07) is 14.0. The highest BCUT2D eigenvalue weighted by Gasteiger charge is 2.22. The fourth-order valence-corrected chi connectivity index (χ4v) is 4.41. The lowest BCUT2D eigenvalue weighted by Gasteiger charge is -2.20. The summed E-state index contributed by atoms with van der Waals surface area (Å²) in [4.78, 5) is 21.7. The largest absolute Gasteiger partial charge is 0.330 e. The molecule has 3 aromatic heterocycles. The Morgan fingerprint density at radius 3 is 2.41 bits per heavy atom. The highest BCUT2D eigenvalue weighted by atomic mass is 32.1. The molecule has 0 bridgehead atoms. The summed E-state index contributed by atoms with van der Waals surface area (Å²) in [5.74, 6) is 0.196. The second-order valence-corrected chi connectivity index (χ2v) is 8.57. The van der Waals surface area contributed by atoms with Crippen LogP contribution in [0.5, 0.6) is 0 Å². The minimum atomic E-state index is -0.321. The molecule has 3 heterocycles. The maximum Gasteiger partial charge on any atom is 0.293 e. The standard InChI is InChI=1S/C21H19FN4OS2/c1-15-23-20(24-26(15)17-8-6-16(22)7-9-17)21(27)25(14-19-5-3-13-29-19)11-10-18-4-2-12-28-18/h2-9,12-13H,10-11,14H2,1H3. The van der Waals surface area contributed by atoms with E-state index < -0.39 is 0 Å². The van der Waals surface area contributed by atoms with E-state index in [1.165, 1.54) is 17.0 Å². The lowest BCUT2D eigenvalue weighted by molar-refractivity contribution is 0.0734. The molecule has 8 heteroatoms. The highest BCUT2D eigenvalue weighted by molar-refractivity contribution is 7.10. The first-order chi connectivity index (χ1) is 14.1. The number of nitrogens with zero attached hydrogens (tertiary/aromatic N) is 4. The monoisotopic (exact) mass is 426 g/mol. The lowest BCUT2D eigenvalue weighted by atomic mass is 10.3. The Bertz CT molecular complexity index is 1070. The van der Waals surface area contributed by atoms with Crippen molar-refractivity contribution in [3.63, 3.8) is 0 Å². The number of carbonyl (C=O) groups is 1. The van der Waals surface area contributed by atoms with Gasteiger partial charge in [0.05, 0.1) is 12.2 Å². The molecule has 0 N–H and O–H groups in total. The molecule has 4 aromatic rings. The van der Waals surface area contributed by atoms with Crippen LogP contribution in [0.2, 0.25) is 0 Å². The van der Waals surface area contributed by atoms with Crippen molar-refractivity contribution in [3.8, 4) is 5.69 Å². The summed E-state index contributed by atoms with van der Waals surface area (Å²) in [5.41, 5.74) is 0.666. The summed E-state index contributed by atoms with van der Waals surface area (Å²) in [5, 5.41) is 8.44. The molecule has 148 valence electrons. The van der Waals surface area contributed by atoms with E-state index in [1.54, 1.807) is 51.3 Å². The van der Waals surface area contributed by atoms with Crippen molar-refractivity contribution in [2.24, 2.45) is 0 Å². The summed E-state index contributed by atoms with van der Waals surface area (Å²) in [6.45, 7) is 2.88. The molecule has 0 unspecified atom stereocenters. The van der Waals surface area contributed by atoms with Crippen molar-refractivity contribution >= 4 is 28.6 Å². The number of halogens is 1. The first-order valence-electron chi connectivity index (χ1n) is 9.14. The molecule has 5 nitrogen and oxygen atoms in total. The SMILES string of the molecule is Cc1nc(C(=O)N(CCc2cccs2)Cc2cccs2)nn1-c1ccc(F)cc1. The average Bonchev–Trinajstić information content (AvgIpc) is 3.48. The van der Waals surface area contributed by atoms with Crippen LogP contribution in [0.25, 0.3) is 5.69 Å². The van der Waals surface area contributed by atoms with Crippen molar-refractivity contribution < 1.29 is 9.18 Å². The quantitative estimate of drug-likeness (QED) is 0.430. The second-order valence-electron chi connectivity index (χ2n) is 6.51. The summed E-state index contributed by atoms with van der Waals surface area (Å²) in [6.07, 6.45) is 0.784. The smallest absolute Gasteiger partial charge is 0.293 e. The fraction of sp³-hybridized carbons (Fsp3) is 0.190. The van der Waals surface area contributed by atoms with Gasteiger partial charge in [-0.2, -0.15) is 0 Å². The molecule has 0 aliphatic rings. The van der Waals surface area contributed by atoms with Crippen LogP contribution in [0.4, 0.5) is 4.39 Å². The number of aromatic nitrogens is 3. The molecule has 0 saturated carbocycles. The number of hydrogen-bond donors (Lipinski definition) is 0. The molecule has 0 saturated heterocycles. The molecular weight excluding hydrogens is 407 g/mol. The Morgan fingerprint density at radius 1 is 1.07 bits per heavy atom. The molecule has 0 aliphatic carbocycles. The molecule has 4 rings (SSSR count). The number of rotatable bonds is 7. The zero-order valence-corrected chi connectivity index (χ0v) is 17.4. The van der Waals surface area contributed by atoms with E-state index in [4.69, 9.17) is 0 Å². The van der Waals surface area contributed by atoms with Gasteiger partial charge in [0.25, 0.3) is 5.91 Å². The van der Waals surface area contributed by atoms with E-state index in [0.717, 1.165) is 11.3 Å². The van der Waals surface area contributed by atoms with E-state index in [9.17, 15) is 9.18 Å². The van der Waals surface area contributed by atoms with Crippen molar-refractivity contribution in [2.75, 3.05) is 6.54 Å². The zero-order valence-electron chi connectivity index (χ0n) is 15.8. The Morgan fingerprint density at radius 2 is 1.76 bits per heavy atom. The third-order valence-electron chi connectivity index (χ3n) is 4.45. The Balaban J connectivity index is 1.57. The van der Waals surface area contributed by atoms with Gasteiger partial charge >= 0.3 is 0 Å². The van der Waals surface area contributed by atoms with Crippen LogP contribution < -0.4 is 0 Å². The third-order valence-corrected chi connectivity index (χ3v) is 6.25. The molecule has 0 spiro atoms. The van der Waals surface area contributed by atoms with Gasteiger partial charge in [-0.15, -0.1) is 27.8 Å². The topological polar surface area (TPSA) is 51.0 Å². The predicted molar refractivity (Wildman–Crippen MR) is 113 cm³/mol. The summed E-state index contributed by atoms with van der Waals surface area (Å²) >= 11 is 3.30. The van der Waals surface area contributed by atoms with Crippen molar-refractivity contribution in [3.05, 3.63) is 86.5 Å². The normalized spacial score (nSPS) is 11.0. The van der Waals surface area contributed by atoms with Gasteiger partial charge in [-0.1, -0.05) is 12.1 Å². The summed E-state index contributed by atoms with van der Waals surface area (Å²) < 4.78 is 14.8. The predicted octanol–water partition coefficient (Wildman–Crippen LogP) is 4.72. The number of aryl methyl sites for hydroxylation is 1. The fourth-order valence-electron chi connectivity index (χ4n) is 2.99. The molecule has 1 aromatic carbocycles. The lowest BCUT2D eigenvalue weighted by Crippen LogP contribution is -2.33. The van der Waals surface area contributed by atoms with E-state index >= 15 is 0 Å². The van der Waals surface area contributed by atoms with E-state index in [2.05, 4.69) is 16.1 Å². The van der Waals surface area contributed by atoms with Crippen LogP contribution in [-0.4, -0.2) is 32.1 Å². The number of hydrogen-bond acceptors (Lipinski definition) is 5. The van der Waals surface area contributed by atoms with Crippen LogP contribution in [0, 0.1) is 12.7 Å². The van der Waals surface area contributed by atoms with Gasteiger partial charge < -0.3 is 4.90 Å². The van der Waals surface area contributed by atoms with E-state index in [-0.39, 0.29) is 17.5 Å². The zero-order chi connectivity index (χ0) is 20.2. The van der Waals surface area contributed by atoms with Gasteiger partial charge in [0.2, 0.25) is 5.82 Å². The van der Waals surface area contributed by atoms with Crippen LogP contribution in [0.3, 0.4) is 0 Å². The number of benzene rings is 1. The minimum absolute atomic E-state index is 0.148. The number of amides is 1. The summed E-state index contributed by atoms with van der Waals surface area (Å²) in [7, 11) is 0. The molecule has 1 amide bonds. The van der Waals surface area contributed by atoms with Gasteiger partial charge in [0, 0.05) is 16.3 Å². The molecule has 0 aliphatic heterocycles. The van der Waals surface area contributed by atoms with E-state index in [1.807, 2.05) is 29.0 Å². The van der Waals surface area contributed by atoms with Crippen LogP contribution in [0.15, 0.2) is 59.3 Å². The van der Waals surface area contributed by atoms with Crippen LogP contribution in [-0.2, 0) is 13.0 Å². The Hall–Kier alpha value is -2.84. The molecule has 29 heavy (non-hydrogen) atoms. The highest BCUT2D eigenvalue weighted by Crippen LogP contribution is 2.17. The average molecular weight is 427 g/mol.